The van der Waals surface area contributed by atoms with Gasteiger partial charge < -0.3 is 96.5 Å². The lowest BCUT2D eigenvalue weighted by molar-refractivity contribution is -0.142. The van der Waals surface area contributed by atoms with E-state index in [2.05, 4.69) is 73.8 Å². The molecule has 7 aromatic carbocycles. The molecule has 0 saturated carbocycles. The first-order chi connectivity index (χ1) is 61.7. The standard InChI is InChI=1S/C49H60N10O7.C45H58N10O7/c1-31(60)54-39(28-32-14-4-2-5-15-32)44(62)56-38-23-12-25-52-43(61)37(22-11-26-53-49(50)51)55-46(64)41(30-35-20-10-19-34-18-8-9-21-36(34)35)57-45(63)40(29-33-16-6-3-7-17-33)58-47(65)42-24-13-27-59(42)48(38)66;1-29(56)50-35(26-30-14-5-2-6-15-30)40(58)52-34-21-12-23-48-39(57)33(20-11-24-49-45(46)47)51-41(59)36(27-31-16-7-3-8-17-31)53-42(60)37(28-32-18-9-4-10-19-32)54-43(61)38-22-13-25-55(38)44(34)62/h2-10,14-21,37-42H,11-13,22-30H2,1H3,(H,52,61)(H,54,60)(H,55,64)(H,56,62)(H,57,63)(H,58,65)(H4,50,51,53);2-10,14-19,33-38H,11-13,20-28H2,1H3,(H,48,57)(H,50,56)(H,51,59)(H,52,58)(H,53,60)(H,54,61)(H4,46,47,49)/t37-,38-,39-,40+,41-,42-;33-,34-,35-,36-,37+,38-/m00/s1. The Bertz CT molecular complexity index is 5020. The Balaban J connectivity index is 0.000000267. The average molecular weight is 1750 g/mol. The topological polar surface area (TPSA) is 519 Å². The van der Waals surface area contributed by atoms with E-state index in [1.165, 1.54) is 23.6 Å². The van der Waals surface area contributed by atoms with Crippen molar-refractivity contribution >= 4 is 105 Å². The van der Waals surface area contributed by atoms with E-state index in [1.807, 2.05) is 194 Å². The van der Waals surface area contributed by atoms with Crippen LogP contribution in [0.5, 0.6) is 0 Å². The van der Waals surface area contributed by atoms with Crippen LogP contribution in [-0.2, 0) is 106 Å². The first-order valence-electron chi connectivity index (χ1n) is 43.6. The molecule has 20 N–H and O–H groups in total. The molecule has 14 amide bonds. The van der Waals surface area contributed by atoms with E-state index < -0.39 is 155 Å². The highest BCUT2D eigenvalue weighted by Crippen LogP contribution is 2.26. The molecule has 0 aliphatic carbocycles. The summed E-state index contributed by atoms with van der Waals surface area (Å²) in [6.45, 7) is 3.53. The number of aliphatic imine (C=N–C) groups is 2. The van der Waals surface area contributed by atoms with Gasteiger partial charge in [0, 0.05) is 91.6 Å². The van der Waals surface area contributed by atoms with E-state index in [-0.39, 0.29) is 128 Å². The van der Waals surface area contributed by atoms with Crippen molar-refractivity contribution in [2.45, 2.75) is 202 Å². The Morgan fingerprint density at radius 1 is 0.375 bits per heavy atom. The third-order valence-electron chi connectivity index (χ3n) is 22.6. The second kappa shape index (κ2) is 49.0. The smallest absolute Gasteiger partial charge is 0.245 e. The number of hydrogen-bond donors (Lipinski definition) is 16. The lowest BCUT2D eigenvalue weighted by Crippen LogP contribution is -2.60. The van der Waals surface area contributed by atoms with E-state index in [4.69, 9.17) is 22.9 Å². The molecule has 7 aromatic rings. The van der Waals surface area contributed by atoms with Gasteiger partial charge >= 0.3 is 0 Å². The van der Waals surface area contributed by atoms with Gasteiger partial charge in [0.25, 0.3) is 0 Å². The fourth-order valence-corrected chi connectivity index (χ4v) is 16.2. The molecule has 4 heterocycles. The zero-order valence-electron chi connectivity index (χ0n) is 72.2. The van der Waals surface area contributed by atoms with E-state index in [0.29, 0.717) is 38.5 Å². The lowest BCUT2D eigenvalue weighted by Gasteiger charge is -2.31. The summed E-state index contributed by atoms with van der Waals surface area (Å²) in [7, 11) is 0. The van der Waals surface area contributed by atoms with Crippen LogP contribution in [0.15, 0.2) is 204 Å². The van der Waals surface area contributed by atoms with Crippen LogP contribution in [0, 0.1) is 0 Å². The summed E-state index contributed by atoms with van der Waals surface area (Å²) in [4.78, 5) is 206. The molecule has 678 valence electrons. The van der Waals surface area contributed by atoms with Gasteiger partial charge in [-0.05, 0) is 121 Å². The van der Waals surface area contributed by atoms with Gasteiger partial charge in [-0.15, -0.1) is 0 Å². The van der Waals surface area contributed by atoms with Crippen LogP contribution in [0.1, 0.15) is 124 Å². The van der Waals surface area contributed by atoms with Gasteiger partial charge in [-0.25, -0.2) is 0 Å². The molecule has 0 spiro atoms. The first kappa shape index (κ1) is 96.1. The number of carbonyl (C=O) groups is 14. The van der Waals surface area contributed by atoms with E-state index in [1.54, 1.807) is 0 Å². The number of fused-ring (bicyclic) bond motifs is 3. The molecule has 34 nitrogen and oxygen atoms in total. The van der Waals surface area contributed by atoms with Crippen molar-refractivity contribution in [3.63, 3.8) is 0 Å². The van der Waals surface area contributed by atoms with Crippen LogP contribution >= 0.6 is 0 Å². The molecular formula is C94H118N20O14. The normalized spacial score (nSPS) is 21.7. The highest BCUT2D eigenvalue weighted by atomic mass is 16.2. The van der Waals surface area contributed by atoms with E-state index in [0.717, 1.165) is 44.2 Å². The summed E-state index contributed by atoms with van der Waals surface area (Å²) in [5.74, 6) is -8.01. The average Bonchev–Trinajstić information content (AvgIpc) is 1.46. The molecule has 4 saturated heterocycles. The summed E-state index contributed by atoms with van der Waals surface area (Å²) in [5, 5.41) is 35.9. The number of nitrogens with two attached hydrogens (primary N) is 4. The zero-order chi connectivity index (χ0) is 91.4. The van der Waals surface area contributed by atoms with Crippen molar-refractivity contribution in [2.75, 3.05) is 39.3 Å². The molecule has 4 aliphatic rings. The van der Waals surface area contributed by atoms with Crippen LogP contribution in [0.3, 0.4) is 0 Å². The van der Waals surface area contributed by atoms with Crippen molar-refractivity contribution in [3.8, 4) is 0 Å². The SMILES string of the molecule is CC(=O)N[C@@H](Cc1ccccc1)C(=O)N[C@H]1CCCNC(=O)[C@H](CCCN=C(N)N)NC(=O)[C@H](Cc2cccc3ccccc23)NC(=O)[C@@H](Cc2ccccc2)NC(=O)[C@@H]2CCCN2C1=O.CC(=O)N[C@@H](Cc1ccccc1)C(=O)N[C@H]1CCCNC(=O)[C@H](CCCN=C(N)N)NC(=O)[C@H](Cc2ccccc2)NC(=O)[C@@H](Cc2ccccc2)NC(=O)[C@@H]2CCCN2C1=O. The Morgan fingerprint density at radius 3 is 1.07 bits per heavy atom. The number of nitrogens with one attached hydrogen (secondary N) is 12. The van der Waals surface area contributed by atoms with Crippen LogP contribution < -0.4 is 86.7 Å². The maximum atomic E-state index is 14.6. The molecule has 11 rings (SSSR count). The summed E-state index contributed by atoms with van der Waals surface area (Å²) in [5.41, 5.74) is 26.7. The quantitative estimate of drug-likeness (QED) is 0.0207. The maximum Gasteiger partial charge on any atom is 0.245 e. The highest BCUT2D eigenvalue weighted by Gasteiger charge is 2.43. The molecule has 0 bridgehead atoms. The lowest BCUT2D eigenvalue weighted by atomic mass is 9.97. The summed E-state index contributed by atoms with van der Waals surface area (Å²) >= 11 is 0. The third-order valence-corrected chi connectivity index (χ3v) is 22.6. The van der Waals surface area contributed by atoms with Crippen molar-refractivity contribution in [1.82, 2.24) is 73.6 Å². The van der Waals surface area contributed by atoms with Crippen molar-refractivity contribution < 1.29 is 67.1 Å². The number of nitrogens with zero attached hydrogens (tertiary/aromatic N) is 4. The second-order valence-electron chi connectivity index (χ2n) is 32.4. The Labute approximate surface area is 744 Å². The minimum absolute atomic E-state index is 0.0547. The number of rotatable bonds is 26. The molecule has 34 heteroatoms. The fraction of sp³-hybridized carbons (Fsp3) is 0.404. The summed E-state index contributed by atoms with van der Waals surface area (Å²) < 4.78 is 0. The number of hydrogen-bond acceptors (Lipinski definition) is 16. The minimum atomic E-state index is -1.19. The maximum absolute atomic E-state index is 14.6. The Kier molecular flexibility index (Phi) is 36.8. The van der Waals surface area contributed by atoms with Crippen molar-refractivity contribution in [3.05, 3.63) is 228 Å². The van der Waals surface area contributed by atoms with Crippen LogP contribution in [0.4, 0.5) is 0 Å². The van der Waals surface area contributed by atoms with Gasteiger partial charge in [-0.2, -0.15) is 0 Å². The molecule has 0 aromatic heterocycles. The molecule has 12 atom stereocenters. The Hall–Kier alpha value is -14.1. The molecule has 0 radical (unpaired) electrons. The highest BCUT2D eigenvalue weighted by molar-refractivity contribution is 6.00. The molecule has 4 fully saturated rings. The monoisotopic (exact) mass is 1750 g/mol. The molecular weight excluding hydrogens is 1630 g/mol. The van der Waals surface area contributed by atoms with Gasteiger partial charge in [0.2, 0.25) is 82.7 Å². The number of benzene rings is 7. The van der Waals surface area contributed by atoms with Crippen LogP contribution in [0.25, 0.3) is 10.8 Å². The van der Waals surface area contributed by atoms with Crippen molar-refractivity contribution in [2.24, 2.45) is 32.9 Å². The number of carbonyl (C=O) groups excluding carboxylic acids is 14. The number of guanidine groups is 2. The van der Waals surface area contributed by atoms with Gasteiger partial charge in [-0.3, -0.25) is 77.1 Å². The summed E-state index contributed by atoms with van der Waals surface area (Å²) in [6, 6.07) is 45.7. The first-order valence-corrected chi connectivity index (χ1v) is 43.6. The molecule has 0 unspecified atom stereocenters. The van der Waals surface area contributed by atoms with Gasteiger partial charge in [0.05, 0.1) is 0 Å². The largest absolute Gasteiger partial charge is 0.370 e. The molecule has 4 aliphatic heterocycles. The third kappa shape index (κ3) is 29.8. The predicted octanol–water partition coefficient (Wildman–Crippen LogP) is 1.38. The van der Waals surface area contributed by atoms with Gasteiger partial charge in [0.1, 0.15) is 72.5 Å². The molecule has 128 heavy (non-hydrogen) atoms. The van der Waals surface area contributed by atoms with Crippen molar-refractivity contribution in [1.29, 1.82) is 0 Å². The fourth-order valence-electron chi connectivity index (χ4n) is 16.2. The predicted molar refractivity (Wildman–Crippen MR) is 483 cm³/mol. The minimum Gasteiger partial charge on any atom is -0.370 e. The van der Waals surface area contributed by atoms with Gasteiger partial charge in [0.15, 0.2) is 11.9 Å². The van der Waals surface area contributed by atoms with Gasteiger partial charge in [-0.1, -0.05) is 194 Å². The second-order valence-corrected chi connectivity index (χ2v) is 32.4. The van der Waals surface area contributed by atoms with Crippen LogP contribution in [-0.4, -0.2) is 216 Å². The Morgan fingerprint density at radius 2 is 0.703 bits per heavy atom. The van der Waals surface area contributed by atoms with Crippen LogP contribution in [0.2, 0.25) is 0 Å². The van der Waals surface area contributed by atoms with E-state index >= 15 is 0 Å². The van der Waals surface area contributed by atoms with E-state index in [9.17, 15) is 67.1 Å². The summed E-state index contributed by atoms with van der Waals surface area (Å²) in [6.07, 6.45) is 3.63. The number of amides is 14. The zero-order valence-corrected chi connectivity index (χ0v) is 72.2.